The Morgan fingerprint density at radius 2 is 1.93 bits per heavy atom. The first-order chi connectivity index (χ1) is 12.8. The van der Waals surface area contributed by atoms with Crippen LogP contribution in [0.25, 0.3) is 11.0 Å². The van der Waals surface area contributed by atoms with E-state index in [2.05, 4.69) is 15.1 Å². The summed E-state index contributed by atoms with van der Waals surface area (Å²) in [7, 11) is 0. The van der Waals surface area contributed by atoms with Gasteiger partial charge < -0.3 is 10.1 Å². The van der Waals surface area contributed by atoms with Crippen molar-refractivity contribution in [1.82, 2.24) is 19.7 Å². The van der Waals surface area contributed by atoms with Gasteiger partial charge in [0.25, 0.3) is 5.56 Å². The summed E-state index contributed by atoms with van der Waals surface area (Å²) in [5.41, 5.74) is -0.0618. The van der Waals surface area contributed by atoms with Crippen LogP contribution in [0.15, 0.2) is 29.1 Å². The number of rotatable bonds is 5. The Labute approximate surface area is 152 Å². The Hall–Kier alpha value is -2.68. The maximum atomic E-state index is 12.8. The van der Waals surface area contributed by atoms with E-state index in [4.69, 9.17) is 0 Å². The summed E-state index contributed by atoms with van der Waals surface area (Å²) in [4.78, 5) is 19.5. The van der Waals surface area contributed by atoms with Crippen LogP contribution in [-0.4, -0.2) is 24.9 Å². The summed E-state index contributed by atoms with van der Waals surface area (Å²) < 4.78 is 39.8. The molecule has 3 rings (SSSR count). The monoisotopic (exact) mass is 380 g/mol. The number of aliphatic hydroxyl groups excluding tert-OH is 1. The van der Waals surface area contributed by atoms with Crippen molar-refractivity contribution in [3.05, 3.63) is 57.3 Å². The maximum absolute atomic E-state index is 12.8. The van der Waals surface area contributed by atoms with E-state index in [1.807, 2.05) is 6.92 Å². The minimum Gasteiger partial charge on any atom is -0.390 e. The van der Waals surface area contributed by atoms with Crippen molar-refractivity contribution in [3.63, 3.8) is 0 Å². The minimum absolute atomic E-state index is 0.181. The highest BCUT2D eigenvalue weighted by Gasteiger charge is 2.30. The van der Waals surface area contributed by atoms with E-state index < -0.39 is 29.9 Å². The molecule has 0 aliphatic rings. The molecule has 0 amide bonds. The molecule has 0 saturated heterocycles. The second kappa shape index (κ2) is 7.15. The number of benzene rings is 1. The quantitative estimate of drug-likeness (QED) is 0.712. The number of aromatic nitrogens is 4. The fraction of sp³-hybridized carbons (Fsp3) is 0.389. The smallest absolute Gasteiger partial charge is 0.390 e. The van der Waals surface area contributed by atoms with Gasteiger partial charge in [0, 0.05) is 6.42 Å². The predicted molar refractivity (Wildman–Crippen MR) is 93.3 cm³/mol. The molecular formula is C18H19F3N4O2. The predicted octanol–water partition coefficient (Wildman–Crippen LogP) is 3.19. The fourth-order valence-electron chi connectivity index (χ4n) is 2.99. The second-order valence-electron chi connectivity index (χ2n) is 6.31. The zero-order valence-corrected chi connectivity index (χ0v) is 14.8. The van der Waals surface area contributed by atoms with E-state index in [1.165, 1.54) is 16.8 Å². The molecule has 0 spiro atoms. The molecule has 27 heavy (non-hydrogen) atoms. The molecule has 0 aliphatic carbocycles. The summed E-state index contributed by atoms with van der Waals surface area (Å²) in [5, 5.41) is 14.0. The SMILES string of the molecule is CCCc1nc2c(c(CO)nn2C(C)c2ccc(C(F)(F)F)cc2)c(=O)[nH]1. The Bertz CT molecular complexity index is 1010. The molecule has 0 fully saturated rings. The Kier molecular flexibility index (Phi) is 5.05. The molecule has 2 N–H and O–H groups in total. The first kappa shape index (κ1) is 19.1. The standard InChI is InChI=1S/C18H19F3N4O2/c1-3-4-14-22-16-15(17(27)23-14)13(9-26)24-25(16)10(2)11-5-7-12(8-6-11)18(19,20)21/h5-8,10,26H,3-4,9H2,1-2H3,(H,22,23,27). The molecule has 1 aromatic carbocycles. The van der Waals surface area contributed by atoms with Crippen molar-refractivity contribution < 1.29 is 18.3 Å². The highest BCUT2D eigenvalue weighted by Crippen LogP contribution is 2.31. The van der Waals surface area contributed by atoms with Crippen LogP contribution in [0.1, 0.15) is 49.0 Å². The van der Waals surface area contributed by atoms with Gasteiger partial charge in [-0.15, -0.1) is 0 Å². The zero-order valence-electron chi connectivity index (χ0n) is 14.8. The minimum atomic E-state index is -4.41. The van der Waals surface area contributed by atoms with Gasteiger partial charge in [-0.2, -0.15) is 18.3 Å². The van der Waals surface area contributed by atoms with E-state index >= 15 is 0 Å². The molecule has 6 nitrogen and oxygen atoms in total. The summed E-state index contributed by atoms with van der Waals surface area (Å²) in [6.07, 6.45) is -3.06. The average molecular weight is 380 g/mol. The lowest BCUT2D eigenvalue weighted by molar-refractivity contribution is -0.137. The van der Waals surface area contributed by atoms with E-state index in [0.29, 0.717) is 23.5 Å². The number of aryl methyl sites for hydroxylation is 1. The number of H-pyrrole nitrogens is 1. The van der Waals surface area contributed by atoms with Crippen LogP contribution in [0.4, 0.5) is 13.2 Å². The molecule has 3 aromatic rings. The van der Waals surface area contributed by atoms with Crippen molar-refractivity contribution >= 4 is 11.0 Å². The van der Waals surface area contributed by atoms with Crippen molar-refractivity contribution in [2.75, 3.05) is 0 Å². The van der Waals surface area contributed by atoms with Gasteiger partial charge in [0.05, 0.1) is 18.2 Å². The summed E-state index contributed by atoms with van der Waals surface area (Å²) in [6, 6.07) is 4.29. The van der Waals surface area contributed by atoms with Crippen molar-refractivity contribution in [3.8, 4) is 0 Å². The van der Waals surface area contributed by atoms with Crippen LogP contribution >= 0.6 is 0 Å². The molecule has 0 saturated carbocycles. The summed E-state index contributed by atoms with van der Waals surface area (Å²) in [5.74, 6) is 0.500. The van der Waals surface area contributed by atoms with Gasteiger partial charge in [-0.05, 0) is 31.0 Å². The zero-order chi connectivity index (χ0) is 19.8. The third-order valence-corrected chi connectivity index (χ3v) is 4.41. The normalized spacial score (nSPS) is 13.3. The van der Waals surface area contributed by atoms with Gasteiger partial charge in [0.2, 0.25) is 0 Å². The maximum Gasteiger partial charge on any atom is 0.416 e. The number of aliphatic hydroxyl groups is 1. The highest BCUT2D eigenvalue weighted by molar-refractivity contribution is 5.77. The highest BCUT2D eigenvalue weighted by atomic mass is 19.4. The number of halogens is 3. The number of alkyl halides is 3. The van der Waals surface area contributed by atoms with Gasteiger partial charge >= 0.3 is 6.18 Å². The van der Waals surface area contributed by atoms with E-state index in [0.717, 1.165) is 18.6 Å². The Morgan fingerprint density at radius 1 is 1.26 bits per heavy atom. The molecule has 9 heteroatoms. The number of nitrogens with one attached hydrogen (secondary N) is 1. The fourth-order valence-corrected chi connectivity index (χ4v) is 2.99. The second-order valence-corrected chi connectivity index (χ2v) is 6.31. The summed E-state index contributed by atoms with van der Waals surface area (Å²) >= 11 is 0. The molecular weight excluding hydrogens is 361 g/mol. The van der Waals surface area contributed by atoms with E-state index in [9.17, 15) is 23.1 Å². The topological polar surface area (TPSA) is 83.8 Å². The number of hydrogen-bond acceptors (Lipinski definition) is 4. The molecule has 1 atom stereocenters. The first-order valence-corrected chi connectivity index (χ1v) is 8.54. The molecule has 1 unspecified atom stereocenters. The molecule has 0 aliphatic heterocycles. The lowest BCUT2D eigenvalue weighted by Gasteiger charge is -2.15. The Balaban J connectivity index is 2.11. The van der Waals surface area contributed by atoms with E-state index in [-0.39, 0.29) is 11.1 Å². The lowest BCUT2D eigenvalue weighted by atomic mass is 10.1. The van der Waals surface area contributed by atoms with Gasteiger partial charge in [-0.25, -0.2) is 9.67 Å². The third kappa shape index (κ3) is 3.59. The van der Waals surface area contributed by atoms with Gasteiger partial charge in [0.15, 0.2) is 5.65 Å². The first-order valence-electron chi connectivity index (χ1n) is 8.54. The van der Waals surface area contributed by atoms with Gasteiger partial charge in [0.1, 0.15) is 16.9 Å². The van der Waals surface area contributed by atoms with E-state index in [1.54, 1.807) is 6.92 Å². The molecule has 144 valence electrons. The molecule has 2 aromatic heterocycles. The average Bonchev–Trinajstić information content (AvgIpc) is 3.00. The van der Waals surface area contributed by atoms with Crippen LogP contribution in [0.2, 0.25) is 0 Å². The summed E-state index contributed by atoms with van der Waals surface area (Å²) in [6.45, 7) is 3.26. The van der Waals surface area contributed by atoms with Crippen molar-refractivity contribution in [1.29, 1.82) is 0 Å². The molecule has 0 bridgehead atoms. The Morgan fingerprint density at radius 3 is 2.48 bits per heavy atom. The number of nitrogens with zero attached hydrogens (tertiary/aromatic N) is 3. The number of aromatic amines is 1. The molecule has 0 radical (unpaired) electrons. The number of fused-ring (bicyclic) bond motifs is 1. The van der Waals surface area contributed by atoms with Crippen LogP contribution in [0.3, 0.4) is 0 Å². The van der Waals surface area contributed by atoms with Crippen molar-refractivity contribution in [2.45, 2.75) is 45.5 Å². The van der Waals surface area contributed by atoms with Crippen LogP contribution in [0, 0.1) is 0 Å². The molecule has 2 heterocycles. The van der Waals surface area contributed by atoms with Crippen LogP contribution in [-0.2, 0) is 19.2 Å². The van der Waals surface area contributed by atoms with Crippen molar-refractivity contribution in [2.24, 2.45) is 0 Å². The number of hydrogen-bond donors (Lipinski definition) is 2. The van der Waals surface area contributed by atoms with Crippen LogP contribution < -0.4 is 5.56 Å². The van der Waals surface area contributed by atoms with Gasteiger partial charge in [-0.1, -0.05) is 19.1 Å². The third-order valence-electron chi connectivity index (χ3n) is 4.41. The largest absolute Gasteiger partial charge is 0.416 e. The van der Waals surface area contributed by atoms with Gasteiger partial charge in [-0.3, -0.25) is 4.79 Å². The lowest BCUT2D eigenvalue weighted by Crippen LogP contribution is -2.15. The van der Waals surface area contributed by atoms with Crippen LogP contribution in [0.5, 0.6) is 0 Å².